The number of aromatic nitrogens is 1. The number of hydrogen-bond acceptors (Lipinski definition) is 4. The Bertz CT molecular complexity index is 826. The normalized spacial score (nSPS) is 16.6. The van der Waals surface area contributed by atoms with E-state index in [2.05, 4.69) is 21.3 Å². The minimum atomic E-state index is -0.0393. The first-order chi connectivity index (χ1) is 14.2. The van der Waals surface area contributed by atoms with Gasteiger partial charge in [-0.25, -0.2) is 0 Å². The smallest absolute Gasteiger partial charge is 0.251 e. The number of aryl methyl sites for hydroxylation is 1. The van der Waals surface area contributed by atoms with Crippen LogP contribution in [0.1, 0.15) is 35.2 Å². The summed E-state index contributed by atoms with van der Waals surface area (Å²) in [5.74, 6) is 0.589. The number of rotatable bonds is 7. The number of benzene rings is 1. The van der Waals surface area contributed by atoms with Gasteiger partial charge >= 0.3 is 0 Å². The highest BCUT2D eigenvalue weighted by Gasteiger charge is 2.34. The summed E-state index contributed by atoms with van der Waals surface area (Å²) in [7, 11) is 0. The van der Waals surface area contributed by atoms with Crippen molar-refractivity contribution in [1.82, 2.24) is 15.2 Å². The summed E-state index contributed by atoms with van der Waals surface area (Å²) in [4.78, 5) is 32.9. The molecule has 1 N–H and O–H groups in total. The quantitative estimate of drug-likeness (QED) is 0.736. The fraction of sp³-hybridized carbons (Fsp3) is 0.435. The Morgan fingerprint density at radius 1 is 1.03 bits per heavy atom. The largest absolute Gasteiger partial charge is 0.368 e. The molecular weight excluding hydrogens is 364 g/mol. The van der Waals surface area contributed by atoms with Crippen LogP contribution in [0.25, 0.3) is 0 Å². The molecule has 1 aliphatic carbocycles. The highest BCUT2D eigenvalue weighted by Crippen LogP contribution is 2.31. The van der Waals surface area contributed by atoms with Crippen molar-refractivity contribution in [3.63, 3.8) is 0 Å². The monoisotopic (exact) mass is 392 g/mol. The van der Waals surface area contributed by atoms with Gasteiger partial charge in [-0.15, -0.1) is 0 Å². The fourth-order valence-corrected chi connectivity index (χ4v) is 3.74. The molecule has 152 valence electrons. The van der Waals surface area contributed by atoms with Gasteiger partial charge in [-0.3, -0.25) is 14.6 Å². The van der Waals surface area contributed by atoms with Crippen LogP contribution in [0.3, 0.4) is 0 Å². The molecule has 2 amide bonds. The topological polar surface area (TPSA) is 65.5 Å². The third kappa shape index (κ3) is 5.13. The molecule has 2 fully saturated rings. The number of hydrogen-bond donors (Lipinski definition) is 1. The van der Waals surface area contributed by atoms with E-state index < -0.39 is 0 Å². The van der Waals surface area contributed by atoms with Crippen LogP contribution < -0.4 is 10.2 Å². The van der Waals surface area contributed by atoms with Gasteiger partial charge in [-0.2, -0.15) is 0 Å². The first-order valence-corrected chi connectivity index (χ1v) is 10.5. The lowest BCUT2D eigenvalue weighted by atomic mass is 10.1. The van der Waals surface area contributed by atoms with Crippen molar-refractivity contribution in [1.29, 1.82) is 0 Å². The van der Waals surface area contributed by atoms with E-state index in [-0.39, 0.29) is 5.91 Å². The number of piperazine rings is 1. The van der Waals surface area contributed by atoms with Crippen molar-refractivity contribution in [3.05, 3.63) is 59.9 Å². The van der Waals surface area contributed by atoms with Gasteiger partial charge in [-0.1, -0.05) is 6.07 Å². The van der Waals surface area contributed by atoms with Crippen molar-refractivity contribution in [3.8, 4) is 0 Å². The highest BCUT2D eigenvalue weighted by molar-refractivity contribution is 5.94. The standard InChI is InChI=1S/C23H28N4O2/c28-22(25-12-2-4-18-3-1-11-24-17-18)19-7-9-21(10-8-19)26-13-15-27(16-14-26)23(29)20-5-6-20/h1,3,7-11,17,20H,2,4-6,12-16H2,(H,25,28). The lowest BCUT2D eigenvalue weighted by Gasteiger charge is -2.36. The maximum Gasteiger partial charge on any atom is 0.251 e. The Labute approximate surface area is 171 Å². The number of carbonyl (C=O) groups is 2. The average molecular weight is 393 g/mol. The minimum absolute atomic E-state index is 0.0393. The Morgan fingerprint density at radius 3 is 2.45 bits per heavy atom. The van der Waals surface area contributed by atoms with E-state index in [4.69, 9.17) is 0 Å². The Balaban J connectivity index is 1.21. The average Bonchev–Trinajstić information content (AvgIpc) is 3.63. The zero-order chi connectivity index (χ0) is 20.1. The number of carbonyl (C=O) groups excluding carboxylic acids is 2. The second-order valence-electron chi connectivity index (χ2n) is 7.85. The van der Waals surface area contributed by atoms with Crippen LogP contribution in [0.5, 0.6) is 0 Å². The Kier molecular flexibility index (Phi) is 6.08. The van der Waals surface area contributed by atoms with E-state index in [0.717, 1.165) is 57.5 Å². The van der Waals surface area contributed by atoms with E-state index in [1.165, 1.54) is 5.56 Å². The molecule has 0 atom stereocenters. The van der Waals surface area contributed by atoms with Gasteiger partial charge in [0.1, 0.15) is 0 Å². The van der Waals surface area contributed by atoms with Crippen molar-refractivity contribution in [2.75, 3.05) is 37.6 Å². The molecule has 2 heterocycles. The van der Waals surface area contributed by atoms with Crippen LogP contribution in [0, 0.1) is 5.92 Å². The predicted octanol–water partition coefficient (Wildman–Crippen LogP) is 2.50. The molecule has 6 nitrogen and oxygen atoms in total. The molecule has 29 heavy (non-hydrogen) atoms. The first-order valence-electron chi connectivity index (χ1n) is 10.5. The summed E-state index contributed by atoms with van der Waals surface area (Å²) in [6.07, 6.45) is 7.55. The van der Waals surface area contributed by atoms with Gasteiger partial charge in [0.05, 0.1) is 0 Å². The SMILES string of the molecule is O=C(NCCCc1cccnc1)c1ccc(N2CCN(C(=O)C3CC3)CC2)cc1. The van der Waals surface area contributed by atoms with Crippen molar-refractivity contribution < 1.29 is 9.59 Å². The van der Waals surface area contributed by atoms with Gasteiger partial charge in [0.2, 0.25) is 5.91 Å². The zero-order valence-electron chi connectivity index (χ0n) is 16.7. The van der Waals surface area contributed by atoms with E-state index in [1.807, 2.05) is 41.4 Å². The summed E-state index contributed by atoms with van der Waals surface area (Å²) in [5.41, 5.74) is 2.97. The summed E-state index contributed by atoms with van der Waals surface area (Å²) in [6.45, 7) is 3.91. The van der Waals surface area contributed by atoms with Gasteiger partial charge in [-0.05, 0) is 61.6 Å². The number of nitrogens with one attached hydrogen (secondary N) is 1. The zero-order valence-corrected chi connectivity index (χ0v) is 16.7. The molecule has 1 saturated heterocycles. The molecule has 2 aliphatic rings. The van der Waals surface area contributed by atoms with Crippen LogP contribution in [0.4, 0.5) is 5.69 Å². The summed E-state index contributed by atoms with van der Waals surface area (Å²) >= 11 is 0. The van der Waals surface area contributed by atoms with Gasteiger partial charge in [0.15, 0.2) is 0 Å². The van der Waals surface area contributed by atoms with Crippen LogP contribution >= 0.6 is 0 Å². The lowest BCUT2D eigenvalue weighted by Crippen LogP contribution is -2.49. The van der Waals surface area contributed by atoms with Gasteiger partial charge in [0.25, 0.3) is 5.91 Å². The third-order valence-corrected chi connectivity index (χ3v) is 5.66. The molecule has 1 aromatic heterocycles. The molecule has 0 unspecified atom stereocenters. The third-order valence-electron chi connectivity index (χ3n) is 5.66. The van der Waals surface area contributed by atoms with E-state index in [9.17, 15) is 9.59 Å². The number of amides is 2. The van der Waals surface area contributed by atoms with Crippen LogP contribution in [0.2, 0.25) is 0 Å². The molecule has 0 bridgehead atoms. The Hall–Kier alpha value is -2.89. The van der Waals surface area contributed by atoms with Crippen molar-refractivity contribution >= 4 is 17.5 Å². The molecule has 4 rings (SSSR count). The number of nitrogens with zero attached hydrogens (tertiary/aromatic N) is 3. The molecular formula is C23H28N4O2. The van der Waals surface area contributed by atoms with Crippen LogP contribution in [0.15, 0.2) is 48.8 Å². The molecule has 1 saturated carbocycles. The number of pyridine rings is 1. The minimum Gasteiger partial charge on any atom is -0.368 e. The first kappa shape index (κ1) is 19.4. The molecule has 1 aliphatic heterocycles. The summed E-state index contributed by atoms with van der Waals surface area (Å²) in [5, 5.41) is 2.99. The molecule has 6 heteroatoms. The van der Waals surface area contributed by atoms with E-state index >= 15 is 0 Å². The highest BCUT2D eigenvalue weighted by atomic mass is 16.2. The molecule has 2 aromatic rings. The van der Waals surface area contributed by atoms with Crippen LogP contribution in [-0.4, -0.2) is 54.4 Å². The van der Waals surface area contributed by atoms with E-state index in [0.29, 0.717) is 23.9 Å². The summed E-state index contributed by atoms with van der Waals surface area (Å²) < 4.78 is 0. The second-order valence-corrected chi connectivity index (χ2v) is 7.85. The molecule has 0 spiro atoms. The molecule has 1 aromatic carbocycles. The van der Waals surface area contributed by atoms with Gasteiger partial charge < -0.3 is 15.1 Å². The van der Waals surface area contributed by atoms with Crippen LogP contribution in [-0.2, 0) is 11.2 Å². The lowest BCUT2D eigenvalue weighted by molar-refractivity contribution is -0.132. The van der Waals surface area contributed by atoms with Crippen molar-refractivity contribution in [2.45, 2.75) is 25.7 Å². The predicted molar refractivity (Wildman–Crippen MR) is 113 cm³/mol. The Morgan fingerprint density at radius 2 is 1.79 bits per heavy atom. The van der Waals surface area contributed by atoms with E-state index in [1.54, 1.807) is 6.20 Å². The fourth-order valence-electron chi connectivity index (χ4n) is 3.74. The van der Waals surface area contributed by atoms with Gasteiger partial charge in [0, 0.05) is 62.3 Å². The maximum absolute atomic E-state index is 12.4. The second kappa shape index (κ2) is 9.07. The summed E-state index contributed by atoms with van der Waals surface area (Å²) in [6, 6.07) is 11.8. The molecule has 0 radical (unpaired) electrons. The maximum atomic E-state index is 12.4. The number of anilines is 1. The van der Waals surface area contributed by atoms with Crippen molar-refractivity contribution in [2.24, 2.45) is 5.92 Å².